The number of allylic oxidation sites excluding steroid dienone is 3. The van der Waals surface area contributed by atoms with Crippen LogP contribution in [0.2, 0.25) is 0 Å². The summed E-state index contributed by atoms with van der Waals surface area (Å²) in [6.07, 6.45) is 7.84. The summed E-state index contributed by atoms with van der Waals surface area (Å²) in [4.78, 5) is 4.09. The summed E-state index contributed by atoms with van der Waals surface area (Å²) in [6.45, 7) is 2.16. The van der Waals surface area contributed by atoms with E-state index in [0.29, 0.717) is 24.2 Å². The molecule has 1 rings (SSSR count). The van der Waals surface area contributed by atoms with E-state index in [1.54, 1.807) is 18.3 Å². The summed E-state index contributed by atoms with van der Waals surface area (Å²) < 4.78 is 13.5. The minimum absolute atomic E-state index is 0.108. The zero-order valence-electron chi connectivity index (χ0n) is 12.0. The maximum atomic E-state index is 13.5. The van der Waals surface area contributed by atoms with Gasteiger partial charge in [-0.1, -0.05) is 12.2 Å². The summed E-state index contributed by atoms with van der Waals surface area (Å²) >= 11 is 0. The lowest BCUT2D eigenvalue weighted by atomic mass is 10.1. The first-order chi connectivity index (χ1) is 10.1. The summed E-state index contributed by atoms with van der Waals surface area (Å²) in [7, 11) is 0. The number of pyridine rings is 1. The third-order valence-electron chi connectivity index (χ3n) is 2.72. The van der Waals surface area contributed by atoms with Gasteiger partial charge in [-0.15, -0.1) is 0 Å². The van der Waals surface area contributed by atoms with Crippen LogP contribution in [0.15, 0.2) is 42.4 Å². The van der Waals surface area contributed by atoms with Gasteiger partial charge in [0.1, 0.15) is 17.4 Å². The molecule has 5 N–H and O–H groups in total. The van der Waals surface area contributed by atoms with Crippen molar-refractivity contribution < 1.29 is 4.39 Å². The summed E-state index contributed by atoms with van der Waals surface area (Å²) in [6, 6.07) is 3.30. The summed E-state index contributed by atoms with van der Waals surface area (Å²) in [5, 5.41) is 18.0. The molecular weight excluding hydrogens is 269 g/mol. The van der Waals surface area contributed by atoms with Crippen LogP contribution in [0.1, 0.15) is 25.3 Å². The minimum atomic E-state index is -0.334. The van der Waals surface area contributed by atoms with Gasteiger partial charge in [-0.25, -0.2) is 9.37 Å². The second-order valence-electron chi connectivity index (χ2n) is 4.33. The van der Waals surface area contributed by atoms with Crippen molar-refractivity contribution >= 4 is 17.4 Å². The number of anilines is 1. The van der Waals surface area contributed by atoms with E-state index in [4.69, 9.17) is 16.6 Å². The number of aromatic nitrogens is 1. The maximum Gasteiger partial charge on any atom is 0.141 e. The van der Waals surface area contributed by atoms with Crippen LogP contribution < -0.4 is 11.1 Å². The van der Waals surface area contributed by atoms with Gasteiger partial charge in [-0.05, 0) is 31.6 Å². The van der Waals surface area contributed by atoms with Gasteiger partial charge in [-0.2, -0.15) is 0 Å². The molecule has 21 heavy (non-hydrogen) atoms. The van der Waals surface area contributed by atoms with Crippen molar-refractivity contribution in [2.75, 3.05) is 11.9 Å². The first-order valence-electron chi connectivity index (χ1n) is 6.64. The first kappa shape index (κ1) is 16.6. The van der Waals surface area contributed by atoms with Crippen molar-refractivity contribution in [3.05, 3.63) is 47.9 Å². The number of nitrogens with one attached hydrogen (secondary N) is 3. The molecule has 1 heterocycles. The largest absolute Gasteiger partial charge is 0.382 e. The third kappa shape index (κ3) is 5.56. The summed E-state index contributed by atoms with van der Waals surface area (Å²) in [5.41, 5.74) is 5.62. The number of halogens is 1. The molecule has 5 nitrogen and oxygen atoms in total. The Kier molecular flexibility index (Phi) is 6.80. The molecule has 0 aromatic carbocycles. The van der Waals surface area contributed by atoms with Gasteiger partial charge in [0.2, 0.25) is 0 Å². The van der Waals surface area contributed by atoms with Crippen LogP contribution in [-0.2, 0) is 0 Å². The molecule has 112 valence electrons. The Bertz CT molecular complexity index is 563. The highest BCUT2D eigenvalue weighted by Crippen LogP contribution is 2.13. The van der Waals surface area contributed by atoms with E-state index in [9.17, 15) is 4.39 Å². The quantitative estimate of drug-likeness (QED) is 0.336. The van der Waals surface area contributed by atoms with Crippen molar-refractivity contribution in [1.82, 2.24) is 4.98 Å². The Morgan fingerprint density at radius 1 is 1.48 bits per heavy atom. The molecule has 0 amide bonds. The molecule has 0 saturated heterocycles. The lowest BCUT2D eigenvalue weighted by Gasteiger charge is -2.09. The van der Waals surface area contributed by atoms with Gasteiger partial charge < -0.3 is 11.1 Å². The predicted molar refractivity (Wildman–Crippen MR) is 84.7 cm³/mol. The molecular formula is C15H20FN5. The van der Waals surface area contributed by atoms with Crippen LogP contribution in [0.4, 0.5) is 10.2 Å². The number of amidine groups is 1. The highest BCUT2D eigenvalue weighted by atomic mass is 19.1. The molecule has 1 aromatic heterocycles. The van der Waals surface area contributed by atoms with Crippen LogP contribution >= 0.6 is 0 Å². The Labute approximate surface area is 123 Å². The van der Waals surface area contributed by atoms with E-state index in [1.807, 2.05) is 19.1 Å². The second-order valence-corrected chi connectivity index (χ2v) is 4.33. The Morgan fingerprint density at radius 2 is 2.24 bits per heavy atom. The average Bonchev–Trinajstić information content (AvgIpc) is 2.47. The fourth-order valence-corrected chi connectivity index (χ4v) is 1.64. The van der Waals surface area contributed by atoms with Gasteiger partial charge in [-0.3, -0.25) is 10.8 Å². The highest BCUT2D eigenvalue weighted by molar-refractivity contribution is 6.45. The van der Waals surface area contributed by atoms with E-state index in [-0.39, 0.29) is 23.9 Å². The van der Waals surface area contributed by atoms with Crippen molar-refractivity contribution in [2.24, 2.45) is 5.73 Å². The van der Waals surface area contributed by atoms with Gasteiger partial charge in [0.15, 0.2) is 0 Å². The zero-order chi connectivity index (χ0) is 15.7. The SMILES string of the molecule is C/C=C\CC/C(F)=C/CNc1ncccc1C(=N)C(=N)N. The van der Waals surface area contributed by atoms with E-state index in [1.165, 1.54) is 6.08 Å². The predicted octanol–water partition coefficient (Wildman–Crippen LogP) is 3.01. The maximum absolute atomic E-state index is 13.5. The molecule has 0 fully saturated rings. The Balaban J connectivity index is 2.65. The first-order valence-corrected chi connectivity index (χ1v) is 6.64. The zero-order valence-corrected chi connectivity index (χ0v) is 12.0. The Hall–Kier alpha value is -2.50. The number of rotatable bonds is 8. The summed E-state index contributed by atoms with van der Waals surface area (Å²) in [5.74, 6) is -0.117. The van der Waals surface area contributed by atoms with Crippen molar-refractivity contribution in [3.8, 4) is 0 Å². The number of nitrogens with two attached hydrogens (primary N) is 1. The smallest absolute Gasteiger partial charge is 0.141 e. The molecule has 0 unspecified atom stereocenters. The van der Waals surface area contributed by atoms with Gasteiger partial charge in [0.25, 0.3) is 0 Å². The molecule has 0 saturated carbocycles. The van der Waals surface area contributed by atoms with Crippen LogP contribution in [0.3, 0.4) is 0 Å². The van der Waals surface area contributed by atoms with E-state index in [0.717, 1.165) is 0 Å². The van der Waals surface area contributed by atoms with Crippen LogP contribution in [0.5, 0.6) is 0 Å². The molecule has 0 aliphatic carbocycles. The molecule has 0 spiro atoms. The molecule has 6 heteroatoms. The van der Waals surface area contributed by atoms with Crippen molar-refractivity contribution in [3.63, 3.8) is 0 Å². The lowest BCUT2D eigenvalue weighted by molar-refractivity contribution is 0.588. The van der Waals surface area contributed by atoms with Crippen molar-refractivity contribution in [2.45, 2.75) is 19.8 Å². The average molecular weight is 289 g/mol. The fraction of sp³-hybridized carbons (Fsp3) is 0.267. The molecule has 0 radical (unpaired) electrons. The van der Waals surface area contributed by atoms with Crippen molar-refractivity contribution in [1.29, 1.82) is 10.8 Å². The van der Waals surface area contributed by atoms with Crippen LogP contribution in [-0.4, -0.2) is 23.1 Å². The molecule has 0 aliphatic heterocycles. The van der Waals surface area contributed by atoms with E-state index in [2.05, 4.69) is 10.3 Å². The van der Waals surface area contributed by atoms with Gasteiger partial charge >= 0.3 is 0 Å². The van der Waals surface area contributed by atoms with E-state index >= 15 is 0 Å². The lowest BCUT2D eigenvalue weighted by Crippen LogP contribution is -2.23. The van der Waals surface area contributed by atoms with Crippen LogP contribution in [0.25, 0.3) is 0 Å². The molecule has 0 bridgehead atoms. The Morgan fingerprint density at radius 3 is 2.90 bits per heavy atom. The van der Waals surface area contributed by atoms with Crippen LogP contribution in [0, 0.1) is 10.8 Å². The molecule has 1 aromatic rings. The number of nitrogens with zero attached hydrogens (tertiary/aromatic N) is 1. The van der Waals surface area contributed by atoms with Gasteiger partial charge in [0.05, 0.1) is 5.83 Å². The van der Waals surface area contributed by atoms with Gasteiger partial charge in [0, 0.05) is 24.7 Å². The highest BCUT2D eigenvalue weighted by Gasteiger charge is 2.10. The normalized spacial score (nSPS) is 11.6. The molecule has 0 atom stereocenters. The van der Waals surface area contributed by atoms with E-state index < -0.39 is 0 Å². The standard InChI is InChI=1S/C15H20FN5/c1-2-3-4-6-11(16)8-10-21-15-12(7-5-9-20-15)13(17)14(18)19/h2-3,5,7-9,17H,4,6,10H2,1H3,(H3,18,19)(H,20,21)/b3-2-,11-8-,17-13?. The second kappa shape index (κ2) is 8.63. The number of hydrogen-bond acceptors (Lipinski definition) is 4. The third-order valence-corrected chi connectivity index (χ3v) is 2.72. The number of hydrogen-bond donors (Lipinski definition) is 4. The molecule has 0 aliphatic rings. The topological polar surface area (TPSA) is 98.6 Å². The monoisotopic (exact) mass is 289 g/mol. The fourth-order valence-electron chi connectivity index (χ4n) is 1.64. The minimum Gasteiger partial charge on any atom is -0.382 e.